The monoisotopic (exact) mass is 194 g/mol. The summed E-state index contributed by atoms with van der Waals surface area (Å²) in [5.41, 5.74) is 3.61. The highest BCUT2D eigenvalue weighted by Gasteiger charge is 2.02. The molecule has 3 aromatic rings. The van der Waals surface area contributed by atoms with Crippen molar-refractivity contribution in [2.45, 2.75) is 0 Å². The fraction of sp³-hybridized carbons (Fsp3) is 0. The number of pyridine rings is 2. The van der Waals surface area contributed by atoms with E-state index in [1.54, 1.807) is 0 Å². The van der Waals surface area contributed by atoms with E-state index in [1.807, 2.05) is 36.7 Å². The standard InChI is InChI=1S/C13H10N2/c1-2-10-15-12(3-1)4-5-13(15)11-6-8-14-9-7-11/h1-10H. The molecule has 0 saturated carbocycles. The number of rotatable bonds is 1. The van der Waals surface area contributed by atoms with Crippen LogP contribution in [-0.2, 0) is 0 Å². The predicted molar refractivity (Wildman–Crippen MR) is 60.6 cm³/mol. The Bertz CT molecular complexity index is 582. The van der Waals surface area contributed by atoms with Gasteiger partial charge in [0.05, 0.1) is 5.69 Å². The van der Waals surface area contributed by atoms with Crippen LogP contribution in [0.4, 0.5) is 0 Å². The molecule has 15 heavy (non-hydrogen) atoms. The van der Waals surface area contributed by atoms with Crippen LogP contribution >= 0.6 is 0 Å². The van der Waals surface area contributed by atoms with Gasteiger partial charge in [0.25, 0.3) is 0 Å². The van der Waals surface area contributed by atoms with E-state index >= 15 is 0 Å². The highest BCUT2D eigenvalue weighted by Crippen LogP contribution is 2.21. The van der Waals surface area contributed by atoms with Gasteiger partial charge < -0.3 is 4.40 Å². The Balaban J connectivity index is 2.28. The molecule has 0 radical (unpaired) electrons. The maximum absolute atomic E-state index is 4.03. The van der Waals surface area contributed by atoms with Crippen molar-refractivity contribution in [1.29, 1.82) is 0 Å². The molecule has 2 heteroatoms. The summed E-state index contributed by atoms with van der Waals surface area (Å²) in [6.45, 7) is 0. The molecule has 0 unspecified atom stereocenters. The SMILES string of the molecule is c1ccn2c(-c3ccncc3)ccc2c1. The zero-order valence-electron chi connectivity index (χ0n) is 8.17. The molecule has 3 rings (SSSR count). The van der Waals surface area contributed by atoms with Crippen molar-refractivity contribution in [1.82, 2.24) is 9.38 Å². The first-order valence-electron chi connectivity index (χ1n) is 4.92. The first kappa shape index (κ1) is 8.24. The Hall–Kier alpha value is -2.09. The molecule has 3 heterocycles. The molecule has 0 N–H and O–H groups in total. The van der Waals surface area contributed by atoms with E-state index in [0.29, 0.717) is 0 Å². The third-order valence-electron chi connectivity index (χ3n) is 2.54. The fourth-order valence-corrected chi connectivity index (χ4v) is 1.81. The minimum absolute atomic E-state index is 1.19. The minimum atomic E-state index is 1.19. The second-order valence-corrected chi connectivity index (χ2v) is 3.45. The summed E-state index contributed by atoms with van der Waals surface area (Å²) < 4.78 is 2.18. The number of aromatic nitrogens is 2. The van der Waals surface area contributed by atoms with Gasteiger partial charge in [0.1, 0.15) is 0 Å². The second-order valence-electron chi connectivity index (χ2n) is 3.45. The highest BCUT2D eigenvalue weighted by atomic mass is 14.9. The maximum Gasteiger partial charge on any atom is 0.0529 e. The van der Waals surface area contributed by atoms with E-state index in [2.05, 4.69) is 33.8 Å². The second kappa shape index (κ2) is 3.24. The van der Waals surface area contributed by atoms with Crippen LogP contribution in [0.2, 0.25) is 0 Å². The van der Waals surface area contributed by atoms with Gasteiger partial charge in [0.2, 0.25) is 0 Å². The van der Waals surface area contributed by atoms with Crippen molar-refractivity contribution >= 4 is 5.52 Å². The van der Waals surface area contributed by atoms with Crippen molar-refractivity contribution < 1.29 is 0 Å². The Kier molecular flexibility index (Phi) is 1.78. The van der Waals surface area contributed by atoms with Crippen LogP contribution in [-0.4, -0.2) is 9.38 Å². The normalized spacial score (nSPS) is 10.7. The Labute approximate surface area is 87.8 Å². The lowest BCUT2D eigenvalue weighted by Gasteiger charge is -2.01. The summed E-state index contributed by atoms with van der Waals surface area (Å²) in [5, 5.41) is 0. The van der Waals surface area contributed by atoms with Crippen molar-refractivity contribution in [2.75, 3.05) is 0 Å². The molecule has 0 aliphatic heterocycles. The van der Waals surface area contributed by atoms with Crippen molar-refractivity contribution in [3.8, 4) is 11.3 Å². The lowest BCUT2D eigenvalue weighted by Crippen LogP contribution is -1.86. The summed E-state index contributed by atoms with van der Waals surface area (Å²) in [6, 6.07) is 14.5. The van der Waals surface area contributed by atoms with Crippen LogP contribution in [0.1, 0.15) is 0 Å². The molecule has 0 atom stereocenters. The van der Waals surface area contributed by atoms with Gasteiger partial charge in [0.15, 0.2) is 0 Å². The number of hydrogen-bond donors (Lipinski definition) is 0. The minimum Gasteiger partial charge on any atom is -0.317 e. The summed E-state index contributed by atoms with van der Waals surface area (Å²) in [6.07, 6.45) is 5.71. The Morgan fingerprint density at radius 2 is 1.73 bits per heavy atom. The van der Waals surface area contributed by atoms with Gasteiger partial charge in [-0.3, -0.25) is 4.98 Å². The average molecular weight is 194 g/mol. The lowest BCUT2D eigenvalue weighted by atomic mass is 10.2. The smallest absolute Gasteiger partial charge is 0.0529 e. The third-order valence-corrected chi connectivity index (χ3v) is 2.54. The fourth-order valence-electron chi connectivity index (χ4n) is 1.81. The average Bonchev–Trinajstić information content (AvgIpc) is 2.74. The Morgan fingerprint density at radius 1 is 0.867 bits per heavy atom. The molecule has 0 fully saturated rings. The van der Waals surface area contributed by atoms with Crippen LogP contribution in [0, 0.1) is 0 Å². The van der Waals surface area contributed by atoms with Gasteiger partial charge >= 0.3 is 0 Å². The van der Waals surface area contributed by atoms with Gasteiger partial charge in [-0.15, -0.1) is 0 Å². The van der Waals surface area contributed by atoms with Crippen LogP contribution < -0.4 is 0 Å². The van der Waals surface area contributed by atoms with Crippen molar-refractivity contribution in [3.05, 3.63) is 61.1 Å². The van der Waals surface area contributed by atoms with Gasteiger partial charge in [-0.05, 0) is 36.4 Å². The molecule has 0 saturated heterocycles. The molecular formula is C13H10N2. The van der Waals surface area contributed by atoms with E-state index in [4.69, 9.17) is 0 Å². The van der Waals surface area contributed by atoms with Crippen LogP contribution in [0.5, 0.6) is 0 Å². The molecule has 0 aliphatic carbocycles. The summed E-state index contributed by atoms with van der Waals surface area (Å²) in [4.78, 5) is 4.03. The topological polar surface area (TPSA) is 17.3 Å². The number of nitrogens with zero attached hydrogens (tertiary/aromatic N) is 2. The molecule has 3 aromatic heterocycles. The quantitative estimate of drug-likeness (QED) is 0.582. The molecule has 72 valence electrons. The van der Waals surface area contributed by atoms with Gasteiger partial charge in [-0.1, -0.05) is 6.07 Å². The van der Waals surface area contributed by atoms with Gasteiger partial charge in [0, 0.05) is 29.7 Å². The number of hydrogen-bond acceptors (Lipinski definition) is 1. The van der Waals surface area contributed by atoms with Gasteiger partial charge in [-0.2, -0.15) is 0 Å². The summed E-state index contributed by atoms with van der Waals surface area (Å²) in [7, 11) is 0. The van der Waals surface area contributed by atoms with E-state index < -0.39 is 0 Å². The lowest BCUT2D eigenvalue weighted by molar-refractivity contribution is 1.20. The van der Waals surface area contributed by atoms with E-state index in [9.17, 15) is 0 Å². The molecular weight excluding hydrogens is 184 g/mol. The number of fused-ring (bicyclic) bond motifs is 1. The largest absolute Gasteiger partial charge is 0.317 e. The predicted octanol–water partition coefficient (Wildman–Crippen LogP) is 3.00. The summed E-state index contributed by atoms with van der Waals surface area (Å²) >= 11 is 0. The molecule has 0 aliphatic rings. The van der Waals surface area contributed by atoms with Crippen LogP contribution in [0.15, 0.2) is 61.1 Å². The van der Waals surface area contributed by atoms with E-state index in [0.717, 1.165) is 0 Å². The first-order valence-corrected chi connectivity index (χ1v) is 4.92. The molecule has 0 aromatic carbocycles. The maximum atomic E-state index is 4.03. The van der Waals surface area contributed by atoms with E-state index in [-0.39, 0.29) is 0 Å². The molecule has 0 spiro atoms. The van der Waals surface area contributed by atoms with Crippen molar-refractivity contribution in [3.63, 3.8) is 0 Å². The first-order chi connectivity index (χ1) is 7.45. The van der Waals surface area contributed by atoms with Crippen LogP contribution in [0.25, 0.3) is 16.8 Å². The van der Waals surface area contributed by atoms with E-state index in [1.165, 1.54) is 16.8 Å². The zero-order chi connectivity index (χ0) is 10.1. The van der Waals surface area contributed by atoms with Crippen molar-refractivity contribution in [2.24, 2.45) is 0 Å². The highest BCUT2D eigenvalue weighted by molar-refractivity contribution is 5.66. The third kappa shape index (κ3) is 1.31. The van der Waals surface area contributed by atoms with Crippen LogP contribution in [0.3, 0.4) is 0 Å². The summed E-state index contributed by atoms with van der Waals surface area (Å²) in [5.74, 6) is 0. The molecule has 2 nitrogen and oxygen atoms in total. The van der Waals surface area contributed by atoms with Gasteiger partial charge in [-0.25, -0.2) is 0 Å². The molecule has 0 bridgehead atoms. The Morgan fingerprint density at radius 3 is 2.60 bits per heavy atom. The zero-order valence-corrected chi connectivity index (χ0v) is 8.17. The molecule has 0 amide bonds.